The molecule has 0 aliphatic rings. The van der Waals surface area contributed by atoms with Gasteiger partial charge in [-0.05, 0) is 6.92 Å². The van der Waals surface area contributed by atoms with Crippen LogP contribution in [-0.2, 0) is 0 Å². The van der Waals surface area contributed by atoms with E-state index in [1.165, 1.54) is 11.3 Å². The van der Waals surface area contributed by atoms with Crippen LogP contribution in [0.15, 0.2) is 60.7 Å². The molecule has 0 N–H and O–H groups in total. The van der Waals surface area contributed by atoms with E-state index in [0.717, 1.165) is 27.1 Å². The summed E-state index contributed by atoms with van der Waals surface area (Å²) in [5.41, 5.74) is 2.04. The van der Waals surface area contributed by atoms with Gasteiger partial charge in [-0.15, -0.1) is 15.3 Å². The summed E-state index contributed by atoms with van der Waals surface area (Å²) in [6.07, 6.45) is 0. The van der Waals surface area contributed by atoms with Gasteiger partial charge in [0.15, 0.2) is 5.82 Å². The Morgan fingerprint density at radius 1 is 0.826 bits per heavy atom. The van der Waals surface area contributed by atoms with E-state index in [2.05, 4.69) is 20.3 Å². The molecule has 2 aromatic heterocycles. The van der Waals surface area contributed by atoms with Crippen LogP contribution in [0.25, 0.3) is 27.1 Å². The summed E-state index contributed by atoms with van der Waals surface area (Å²) in [6.45, 7) is 1.92. The molecule has 112 valence electrons. The summed E-state index contributed by atoms with van der Waals surface area (Å²) in [6, 6.07) is 19.9. The van der Waals surface area contributed by atoms with Gasteiger partial charge >= 0.3 is 0 Å². The molecule has 0 aliphatic carbocycles. The van der Waals surface area contributed by atoms with Gasteiger partial charge in [-0.2, -0.15) is 4.68 Å². The maximum absolute atomic E-state index is 4.57. The van der Waals surface area contributed by atoms with Crippen LogP contribution in [0.2, 0.25) is 0 Å². The Morgan fingerprint density at radius 2 is 1.48 bits per heavy atom. The lowest BCUT2D eigenvalue weighted by Crippen LogP contribution is -1.98. The molecule has 0 fully saturated rings. The van der Waals surface area contributed by atoms with E-state index in [4.69, 9.17) is 0 Å². The molecule has 0 radical (unpaired) electrons. The fraction of sp³-hybridized carbons (Fsp3) is 0.0588. The third-order valence-corrected chi connectivity index (χ3v) is 4.37. The van der Waals surface area contributed by atoms with Crippen molar-refractivity contribution in [2.24, 2.45) is 0 Å². The Kier molecular flexibility index (Phi) is 3.44. The summed E-state index contributed by atoms with van der Waals surface area (Å²) >= 11 is 1.50. The zero-order chi connectivity index (χ0) is 15.6. The highest BCUT2D eigenvalue weighted by atomic mass is 32.1. The second-order valence-electron chi connectivity index (χ2n) is 5.02. The minimum absolute atomic E-state index is 0.694. The van der Waals surface area contributed by atoms with Crippen LogP contribution < -0.4 is 0 Å². The van der Waals surface area contributed by atoms with Crippen LogP contribution in [0.3, 0.4) is 0 Å². The molecule has 0 atom stereocenters. The quantitative estimate of drug-likeness (QED) is 0.577. The van der Waals surface area contributed by atoms with Gasteiger partial charge in [0.25, 0.3) is 0 Å². The number of hydrogen-bond acceptors (Lipinski definition) is 5. The van der Waals surface area contributed by atoms with E-state index in [1.54, 1.807) is 4.68 Å². The summed E-state index contributed by atoms with van der Waals surface area (Å²) < 4.78 is 1.74. The fourth-order valence-corrected chi connectivity index (χ4v) is 3.13. The first-order valence-electron chi connectivity index (χ1n) is 7.19. The molecule has 0 saturated carbocycles. The first-order valence-corrected chi connectivity index (χ1v) is 8.01. The lowest BCUT2D eigenvalue weighted by atomic mass is 10.2. The van der Waals surface area contributed by atoms with Crippen molar-refractivity contribution < 1.29 is 0 Å². The Balaban J connectivity index is 1.72. The Labute approximate surface area is 137 Å². The molecule has 0 amide bonds. The van der Waals surface area contributed by atoms with Crippen LogP contribution >= 0.6 is 11.3 Å². The largest absolute Gasteiger partial charge is 0.234 e. The summed E-state index contributed by atoms with van der Waals surface area (Å²) in [5, 5.41) is 14.7. The molecule has 0 aliphatic heterocycles. The Morgan fingerprint density at radius 3 is 2.17 bits per heavy atom. The van der Waals surface area contributed by atoms with Crippen LogP contribution in [0, 0.1) is 6.92 Å². The molecule has 5 nitrogen and oxygen atoms in total. The maximum Gasteiger partial charge on any atom is 0.234 e. The van der Waals surface area contributed by atoms with Gasteiger partial charge in [0.05, 0.1) is 0 Å². The zero-order valence-electron chi connectivity index (χ0n) is 12.4. The van der Waals surface area contributed by atoms with E-state index in [-0.39, 0.29) is 0 Å². The fourth-order valence-electron chi connectivity index (χ4n) is 2.28. The van der Waals surface area contributed by atoms with Crippen LogP contribution in [0.5, 0.6) is 0 Å². The average Bonchev–Trinajstić information content (AvgIpc) is 3.23. The lowest BCUT2D eigenvalue weighted by Gasteiger charge is -1.95. The van der Waals surface area contributed by atoms with Crippen molar-refractivity contribution >= 4 is 11.3 Å². The second kappa shape index (κ2) is 5.73. The van der Waals surface area contributed by atoms with E-state index in [9.17, 15) is 0 Å². The molecule has 2 aromatic carbocycles. The van der Waals surface area contributed by atoms with Crippen molar-refractivity contribution in [2.75, 3.05) is 0 Å². The van der Waals surface area contributed by atoms with Crippen molar-refractivity contribution in [1.82, 2.24) is 25.0 Å². The molecule has 2 heterocycles. The van der Waals surface area contributed by atoms with Crippen molar-refractivity contribution in [3.8, 4) is 27.1 Å². The van der Waals surface area contributed by atoms with E-state index in [0.29, 0.717) is 5.82 Å². The molecule has 6 heteroatoms. The third kappa shape index (κ3) is 2.64. The van der Waals surface area contributed by atoms with Gasteiger partial charge in [0.2, 0.25) is 5.13 Å². The standard InChI is InChI=1S/C17H13N5S/c1-12-18-15(13-8-4-2-5-9-13)21-22(12)17-20-19-16(23-17)14-10-6-3-7-11-14/h2-11H,1H3. The first-order chi connectivity index (χ1) is 11.3. The van der Waals surface area contributed by atoms with Gasteiger partial charge in [-0.25, -0.2) is 4.98 Å². The highest BCUT2D eigenvalue weighted by Gasteiger charge is 2.14. The number of benzene rings is 2. The SMILES string of the molecule is Cc1nc(-c2ccccc2)nn1-c1nnc(-c2ccccc2)s1. The molecule has 0 spiro atoms. The van der Waals surface area contributed by atoms with Gasteiger partial charge < -0.3 is 0 Å². The minimum atomic E-state index is 0.694. The predicted octanol–water partition coefficient (Wildman–Crippen LogP) is 3.76. The monoisotopic (exact) mass is 319 g/mol. The van der Waals surface area contributed by atoms with Gasteiger partial charge in [-0.1, -0.05) is 72.0 Å². The van der Waals surface area contributed by atoms with Crippen molar-refractivity contribution in [2.45, 2.75) is 6.92 Å². The van der Waals surface area contributed by atoms with Gasteiger partial charge in [0.1, 0.15) is 10.8 Å². The lowest BCUT2D eigenvalue weighted by molar-refractivity contribution is 0.815. The average molecular weight is 319 g/mol. The van der Waals surface area contributed by atoms with E-state index < -0.39 is 0 Å². The van der Waals surface area contributed by atoms with Crippen molar-refractivity contribution in [3.05, 3.63) is 66.5 Å². The summed E-state index contributed by atoms with van der Waals surface area (Å²) in [5.74, 6) is 1.49. The molecular formula is C17H13N5S. The number of aromatic nitrogens is 5. The first kappa shape index (κ1) is 13.8. The number of nitrogens with zero attached hydrogens (tertiary/aromatic N) is 5. The molecule has 4 aromatic rings. The Bertz CT molecular complexity index is 928. The van der Waals surface area contributed by atoms with E-state index >= 15 is 0 Å². The van der Waals surface area contributed by atoms with Crippen LogP contribution in [0.1, 0.15) is 5.82 Å². The second-order valence-corrected chi connectivity index (χ2v) is 5.97. The molecular weight excluding hydrogens is 306 g/mol. The van der Waals surface area contributed by atoms with Gasteiger partial charge in [0, 0.05) is 11.1 Å². The van der Waals surface area contributed by atoms with Gasteiger partial charge in [-0.3, -0.25) is 0 Å². The predicted molar refractivity (Wildman–Crippen MR) is 90.4 cm³/mol. The number of hydrogen-bond donors (Lipinski definition) is 0. The van der Waals surface area contributed by atoms with Crippen LogP contribution in [-0.4, -0.2) is 25.0 Å². The number of aryl methyl sites for hydroxylation is 1. The highest BCUT2D eigenvalue weighted by molar-refractivity contribution is 7.17. The Hall–Kier alpha value is -2.86. The molecule has 0 saturated heterocycles. The highest BCUT2D eigenvalue weighted by Crippen LogP contribution is 2.26. The molecule has 23 heavy (non-hydrogen) atoms. The molecule has 4 rings (SSSR count). The van der Waals surface area contributed by atoms with E-state index in [1.807, 2.05) is 67.6 Å². The third-order valence-electron chi connectivity index (χ3n) is 3.42. The van der Waals surface area contributed by atoms with Crippen molar-refractivity contribution in [3.63, 3.8) is 0 Å². The van der Waals surface area contributed by atoms with Crippen molar-refractivity contribution in [1.29, 1.82) is 0 Å². The molecule has 0 bridgehead atoms. The molecule has 0 unspecified atom stereocenters. The maximum atomic E-state index is 4.57. The number of rotatable bonds is 3. The zero-order valence-corrected chi connectivity index (χ0v) is 13.2. The summed E-state index contributed by atoms with van der Waals surface area (Å²) in [4.78, 5) is 4.53. The van der Waals surface area contributed by atoms with Crippen LogP contribution in [0.4, 0.5) is 0 Å². The normalized spacial score (nSPS) is 10.8. The smallest absolute Gasteiger partial charge is 0.212 e. The topological polar surface area (TPSA) is 56.5 Å². The minimum Gasteiger partial charge on any atom is -0.212 e. The summed E-state index contributed by atoms with van der Waals surface area (Å²) in [7, 11) is 0.